The van der Waals surface area contributed by atoms with Gasteiger partial charge in [-0.2, -0.15) is 0 Å². The van der Waals surface area contributed by atoms with Crippen LogP contribution in [0.1, 0.15) is 96.8 Å². The lowest BCUT2D eigenvalue weighted by Gasteiger charge is -2.34. The summed E-state index contributed by atoms with van der Waals surface area (Å²) in [6.45, 7) is 5.40. The second kappa shape index (κ2) is 9.93. The number of piperidine rings is 1. The summed E-state index contributed by atoms with van der Waals surface area (Å²) in [6, 6.07) is 8.15. The largest absolute Gasteiger partial charge is 0.494 e. The molecule has 1 saturated heterocycles. The van der Waals surface area contributed by atoms with Crippen LogP contribution in [0.25, 0.3) is 10.9 Å². The zero-order chi connectivity index (χ0) is 25.5. The van der Waals surface area contributed by atoms with Gasteiger partial charge in [0, 0.05) is 43.6 Å². The molecule has 0 unspecified atom stereocenters. The molecule has 0 amide bonds. The average Bonchev–Trinajstić information content (AvgIpc) is 3.71. The minimum absolute atomic E-state index is 0.0381. The van der Waals surface area contributed by atoms with Crippen LogP contribution in [0.5, 0.6) is 5.75 Å². The van der Waals surface area contributed by atoms with Crippen LogP contribution in [0.2, 0.25) is 0 Å². The highest BCUT2D eigenvalue weighted by Gasteiger charge is 2.32. The summed E-state index contributed by atoms with van der Waals surface area (Å²) < 4.78 is 7.92. The maximum Gasteiger partial charge on any atom is 0.337 e. The number of ether oxygens (including phenoxy) is 1. The number of aromatic carboxylic acids is 1. The highest BCUT2D eigenvalue weighted by Crippen LogP contribution is 2.49. The molecule has 2 aliphatic carbocycles. The van der Waals surface area contributed by atoms with Crippen molar-refractivity contribution in [3.63, 3.8) is 0 Å². The van der Waals surface area contributed by atoms with E-state index < -0.39 is 5.97 Å². The molecule has 194 valence electrons. The van der Waals surface area contributed by atoms with E-state index >= 15 is 0 Å². The maximum absolute atomic E-state index is 13.2. The second-order valence-electron chi connectivity index (χ2n) is 10.9. The zero-order valence-electron chi connectivity index (χ0n) is 21.5. The minimum Gasteiger partial charge on any atom is -0.494 e. The number of hydrogen-bond donors (Lipinski definition) is 1. The first-order chi connectivity index (χ1) is 18.0. The first-order valence-electron chi connectivity index (χ1n) is 13.8. The summed E-state index contributed by atoms with van der Waals surface area (Å²) >= 11 is 0. The van der Waals surface area contributed by atoms with E-state index in [0.717, 1.165) is 44.1 Å². The third-order valence-electron chi connectivity index (χ3n) is 8.50. The molecular formula is C30H35N3O4. The van der Waals surface area contributed by atoms with Crippen LogP contribution in [0.3, 0.4) is 0 Å². The first kappa shape index (κ1) is 24.2. The second-order valence-corrected chi connectivity index (χ2v) is 10.9. The van der Waals surface area contributed by atoms with E-state index in [1.54, 1.807) is 10.1 Å². The van der Waals surface area contributed by atoms with E-state index in [1.807, 2.05) is 12.3 Å². The van der Waals surface area contributed by atoms with Gasteiger partial charge in [0.05, 0.1) is 23.1 Å². The number of benzene rings is 1. The lowest BCUT2D eigenvalue weighted by Crippen LogP contribution is -2.37. The molecule has 0 spiro atoms. The number of pyridine rings is 2. The topological polar surface area (TPSA) is 84.7 Å². The molecule has 6 rings (SSSR count). The van der Waals surface area contributed by atoms with Gasteiger partial charge in [-0.3, -0.25) is 14.7 Å². The van der Waals surface area contributed by atoms with Crippen molar-refractivity contribution in [2.45, 2.75) is 76.3 Å². The Morgan fingerprint density at radius 1 is 1.05 bits per heavy atom. The van der Waals surface area contributed by atoms with Crippen molar-refractivity contribution in [2.24, 2.45) is 0 Å². The molecule has 3 heterocycles. The smallest absolute Gasteiger partial charge is 0.337 e. The van der Waals surface area contributed by atoms with Crippen LogP contribution >= 0.6 is 0 Å². The predicted molar refractivity (Wildman–Crippen MR) is 143 cm³/mol. The van der Waals surface area contributed by atoms with Gasteiger partial charge in [-0.25, -0.2) is 4.79 Å². The summed E-state index contributed by atoms with van der Waals surface area (Å²) in [6.07, 6.45) is 11.4. The van der Waals surface area contributed by atoms with E-state index in [-0.39, 0.29) is 17.2 Å². The Hall–Kier alpha value is -3.19. The lowest BCUT2D eigenvalue weighted by molar-refractivity contribution is 0.0696. The number of nitrogens with zero attached hydrogens (tertiary/aromatic N) is 3. The normalized spacial score (nSPS) is 19.2. The molecule has 3 aliphatic rings. The highest BCUT2D eigenvalue weighted by atomic mass is 16.5. The van der Waals surface area contributed by atoms with Crippen molar-refractivity contribution >= 4 is 16.9 Å². The van der Waals surface area contributed by atoms with Gasteiger partial charge in [-0.05, 0) is 86.6 Å². The number of carboxylic acids is 1. The van der Waals surface area contributed by atoms with Gasteiger partial charge in [-0.15, -0.1) is 0 Å². The van der Waals surface area contributed by atoms with E-state index in [1.165, 1.54) is 55.5 Å². The maximum atomic E-state index is 13.2. The molecule has 37 heavy (non-hydrogen) atoms. The molecule has 0 atom stereocenters. The van der Waals surface area contributed by atoms with Crippen molar-refractivity contribution in [1.29, 1.82) is 0 Å². The van der Waals surface area contributed by atoms with Crippen LogP contribution in [-0.2, 0) is 6.54 Å². The Kier molecular flexibility index (Phi) is 6.49. The molecule has 1 aliphatic heterocycles. The minimum atomic E-state index is -1.07. The number of likely N-dealkylation sites (tertiary alicyclic amines) is 1. The summed E-state index contributed by atoms with van der Waals surface area (Å²) in [7, 11) is 0. The van der Waals surface area contributed by atoms with Gasteiger partial charge in [0.1, 0.15) is 5.75 Å². The summed E-state index contributed by atoms with van der Waals surface area (Å²) in [4.78, 5) is 31.2. The van der Waals surface area contributed by atoms with Gasteiger partial charge in [0.15, 0.2) is 0 Å². The Morgan fingerprint density at radius 2 is 1.78 bits per heavy atom. The van der Waals surface area contributed by atoms with Gasteiger partial charge >= 0.3 is 5.97 Å². The predicted octanol–water partition coefficient (Wildman–Crippen LogP) is 5.48. The lowest BCUT2D eigenvalue weighted by atomic mass is 9.77. The quantitative estimate of drug-likeness (QED) is 0.440. The van der Waals surface area contributed by atoms with Crippen molar-refractivity contribution in [2.75, 3.05) is 19.7 Å². The van der Waals surface area contributed by atoms with Crippen LogP contribution < -0.4 is 10.3 Å². The van der Waals surface area contributed by atoms with E-state index in [9.17, 15) is 14.7 Å². The number of aromatic nitrogens is 2. The molecule has 7 nitrogen and oxygen atoms in total. The molecule has 1 aromatic carbocycles. The number of carboxylic acid groups (broad SMARTS) is 1. The standard InChI is InChI=1S/C30H35N3O4/c1-2-37-28-16-25(19-4-3-5-19)24(20-6-7-20)15-22(28)18-32-11-8-23(9-12-32)33-13-10-27-26(29(33)34)14-21(17-31-27)30(35)36/h10,13-17,19-20,23H,2-9,11-12,18H2,1H3,(H,35,36). The molecule has 7 heteroatoms. The van der Waals surface area contributed by atoms with Crippen LogP contribution in [0, 0.1) is 0 Å². The summed E-state index contributed by atoms with van der Waals surface area (Å²) in [5.41, 5.74) is 4.80. The fourth-order valence-electron chi connectivity index (χ4n) is 6.03. The van der Waals surface area contributed by atoms with E-state index in [4.69, 9.17) is 4.74 Å². The average molecular weight is 502 g/mol. The summed E-state index contributed by atoms with van der Waals surface area (Å²) in [5.74, 6) is 1.41. The molecule has 2 aromatic heterocycles. The molecule has 0 bridgehead atoms. The molecule has 2 saturated carbocycles. The van der Waals surface area contributed by atoms with Crippen LogP contribution in [0.15, 0.2) is 41.5 Å². The number of carbonyl (C=O) groups is 1. The SMILES string of the molecule is CCOc1cc(C2CCC2)c(C2CC2)cc1CN1CCC(n2ccc3ncc(C(=O)O)cc3c2=O)CC1. The van der Waals surface area contributed by atoms with Gasteiger partial charge in [0.25, 0.3) is 5.56 Å². The van der Waals surface area contributed by atoms with Gasteiger partial charge < -0.3 is 14.4 Å². The molecule has 0 radical (unpaired) electrons. The molecule has 3 fully saturated rings. The number of hydrogen-bond acceptors (Lipinski definition) is 5. The highest BCUT2D eigenvalue weighted by molar-refractivity contribution is 5.92. The fraction of sp³-hybridized carbons (Fsp3) is 0.500. The van der Waals surface area contributed by atoms with Crippen molar-refractivity contribution in [3.05, 3.63) is 69.3 Å². The molecule has 1 N–H and O–H groups in total. The number of rotatable bonds is 8. The Labute approximate surface area is 217 Å². The Bertz CT molecular complexity index is 1380. The third-order valence-corrected chi connectivity index (χ3v) is 8.50. The monoisotopic (exact) mass is 501 g/mol. The van der Waals surface area contributed by atoms with Gasteiger partial charge in [0.2, 0.25) is 0 Å². The molecule has 3 aromatic rings. The fourth-order valence-corrected chi connectivity index (χ4v) is 6.03. The van der Waals surface area contributed by atoms with Gasteiger partial charge in [-0.1, -0.05) is 12.5 Å². The Balaban J connectivity index is 1.19. The zero-order valence-corrected chi connectivity index (χ0v) is 21.5. The molecular weight excluding hydrogens is 466 g/mol. The van der Waals surface area contributed by atoms with Crippen molar-refractivity contribution in [1.82, 2.24) is 14.5 Å². The number of fused-ring (bicyclic) bond motifs is 1. The van der Waals surface area contributed by atoms with E-state index in [0.29, 0.717) is 23.4 Å². The first-order valence-corrected chi connectivity index (χ1v) is 13.8. The van der Waals surface area contributed by atoms with Crippen molar-refractivity contribution in [3.8, 4) is 5.75 Å². The third kappa shape index (κ3) is 4.77. The summed E-state index contributed by atoms with van der Waals surface area (Å²) in [5, 5.41) is 9.67. The van der Waals surface area contributed by atoms with Crippen LogP contribution in [0.4, 0.5) is 0 Å². The Morgan fingerprint density at radius 3 is 2.43 bits per heavy atom. The van der Waals surface area contributed by atoms with Crippen LogP contribution in [-0.4, -0.2) is 45.2 Å². The van der Waals surface area contributed by atoms with E-state index in [2.05, 4.69) is 28.9 Å². The van der Waals surface area contributed by atoms with Crippen molar-refractivity contribution < 1.29 is 14.6 Å².